The van der Waals surface area contributed by atoms with Gasteiger partial charge in [0.1, 0.15) is 5.16 Å². The van der Waals surface area contributed by atoms with Crippen molar-refractivity contribution in [1.82, 2.24) is 10.3 Å². The molecule has 0 saturated carbocycles. The summed E-state index contributed by atoms with van der Waals surface area (Å²) in [4.78, 5) is 0. The van der Waals surface area contributed by atoms with Crippen molar-refractivity contribution in [3.05, 3.63) is 54.1 Å². The molecular weight excluding hydrogens is 198 g/mol. The van der Waals surface area contributed by atoms with Crippen LogP contribution < -0.4 is 10.7 Å². The molecule has 0 bridgehead atoms. The Morgan fingerprint density at radius 2 is 2.00 bits per heavy atom. The van der Waals surface area contributed by atoms with Gasteiger partial charge >= 0.3 is 0 Å². The Hall–Kier alpha value is -1.61. The average Bonchev–Trinajstić information content (AvgIpc) is 2.23. The molecule has 2 rings (SSSR count). The summed E-state index contributed by atoms with van der Waals surface area (Å²) < 4.78 is 0. The maximum absolute atomic E-state index is 5.94. The van der Waals surface area contributed by atoms with Crippen LogP contribution in [0.25, 0.3) is 0 Å². The van der Waals surface area contributed by atoms with E-state index in [1.54, 1.807) is 17.4 Å². The minimum absolute atomic E-state index is 0.594. The summed E-state index contributed by atoms with van der Waals surface area (Å²) in [7, 11) is 0. The lowest BCUT2D eigenvalue weighted by Crippen LogP contribution is -2.25. The van der Waals surface area contributed by atoms with E-state index in [1.165, 1.54) is 0 Å². The summed E-state index contributed by atoms with van der Waals surface area (Å²) in [6.07, 6.45) is 5.31. The van der Waals surface area contributed by atoms with E-state index in [-0.39, 0.29) is 0 Å². The average molecular weight is 208 g/mol. The summed E-state index contributed by atoms with van der Waals surface area (Å²) in [5.74, 6) is 0. The van der Waals surface area contributed by atoms with Crippen LogP contribution >= 0.6 is 11.6 Å². The maximum Gasteiger partial charge on any atom is 0.144 e. The molecule has 0 saturated heterocycles. The van der Waals surface area contributed by atoms with E-state index in [9.17, 15) is 0 Å². The van der Waals surface area contributed by atoms with Crippen molar-refractivity contribution in [3.8, 4) is 0 Å². The lowest BCUT2D eigenvalue weighted by molar-refractivity contribution is 0.575. The molecule has 1 aliphatic heterocycles. The molecule has 0 aliphatic carbocycles. The number of hydrazine groups is 1. The van der Waals surface area contributed by atoms with Gasteiger partial charge in [-0.15, -0.1) is 0 Å². The van der Waals surface area contributed by atoms with E-state index >= 15 is 0 Å². The van der Waals surface area contributed by atoms with Crippen LogP contribution in [0.15, 0.2) is 54.1 Å². The Labute approximate surface area is 87.6 Å². The summed E-state index contributed by atoms with van der Waals surface area (Å²) in [6, 6.07) is 9.84. The number of hydrogen-bond donors (Lipinski definition) is 2. The van der Waals surface area contributed by atoms with Gasteiger partial charge in [0.15, 0.2) is 0 Å². The SMILES string of the molecule is ClC1=CNC=CN1Nc1ccccc1. The fraction of sp³-hybridized carbons (Fsp3) is 0. The molecule has 0 unspecified atom stereocenters. The first-order valence-electron chi connectivity index (χ1n) is 4.25. The number of nitrogens with zero attached hydrogens (tertiary/aromatic N) is 1. The van der Waals surface area contributed by atoms with Crippen molar-refractivity contribution < 1.29 is 0 Å². The molecule has 0 spiro atoms. The van der Waals surface area contributed by atoms with Gasteiger partial charge in [0.05, 0.1) is 5.69 Å². The highest BCUT2D eigenvalue weighted by atomic mass is 35.5. The van der Waals surface area contributed by atoms with Crippen LogP contribution in [0.5, 0.6) is 0 Å². The molecule has 72 valence electrons. The summed E-state index contributed by atoms with van der Waals surface area (Å²) >= 11 is 5.94. The van der Waals surface area contributed by atoms with Crippen LogP contribution in [-0.4, -0.2) is 5.01 Å². The molecule has 1 aliphatic rings. The van der Waals surface area contributed by atoms with Gasteiger partial charge in [0.2, 0.25) is 0 Å². The van der Waals surface area contributed by atoms with E-state index < -0.39 is 0 Å². The molecule has 0 radical (unpaired) electrons. The number of para-hydroxylation sites is 1. The van der Waals surface area contributed by atoms with Crippen LogP contribution in [0.4, 0.5) is 5.69 Å². The molecule has 0 fully saturated rings. The second-order valence-corrected chi connectivity index (χ2v) is 3.18. The van der Waals surface area contributed by atoms with Gasteiger partial charge < -0.3 is 5.32 Å². The zero-order valence-corrected chi connectivity index (χ0v) is 8.20. The Morgan fingerprint density at radius 3 is 2.71 bits per heavy atom. The number of hydrogen-bond acceptors (Lipinski definition) is 3. The second-order valence-electron chi connectivity index (χ2n) is 2.80. The van der Waals surface area contributed by atoms with Crippen LogP contribution in [0.2, 0.25) is 0 Å². The highest BCUT2D eigenvalue weighted by molar-refractivity contribution is 6.29. The monoisotopic (exact) mass is 207 g/mol. The molecular formula is C10H10ClN3. The maximum atomic E-state index is 5.94. The summed E-state index contributed by atoms with van der Waals surface area (Å²) in [5.41, 5.74) is 4.13. The van der Waals surface area contributed by atoms with Gasteiger partial charge in [-0.1, -0.05) is 29.8 Å². The Bertz CT molecular complexity index is 359. The molecule has 1 heterocycles. The number of anilines is 1. The zero-order valence-electron chi connectivity index (χ0n) is 7.44. The zero-order chi connectivity index (χ0) is 9.80. The van der Waals surface area contributed by atoms with Gasteiger partial charge in [-0.05, 0) is 12.1 Å². The van der Waals surface area contributed by atoms with Crippen molar-refractivity contribution >= 4 is 17.3 Å². The van der Waals surface area contributed by atoms with Gasteiger partial charge in [0, 0.05) is 18.6 Å². The third-order valence-corrected chi connectivity index (χ3v) is 2.07. The van der Waals surface area contributed by atoms with E-state index in [2.05, 4.69) is 10.7 Å². The van der Waals surface area contributed by atoms with E-state index in [0.717, 1.165) is 5.69 Å². The van der Waals surface area contributed by atoms with Crippen molar-refractivity contribution in [2.24, 2.45) is 0 Å². The fourth-order valence-corrected chi connectivity index (χ4v) is 1.28. The molecule has 0 amide bonds. The van der Waals surface area contributed by atoms with Crippen molar-refractivity contribution in [2.45, 2.75) is 0 Å². The quantitative estimate of drug-likeness (QED) is 0.730. The van der Waals surface area contributed by atoms with Crippen molar-refractivity contribution in [1.29, 1.82) is 0 Å². The normalized spacial score (nSPS) is 14.6. The predicted octanol–water partition coefficient (Wildman–Crippen LogP) is 2.43. The topological polar surface area (TPSA) is 27.3 Å². The van der Waals surface area contributed by atoms with Gasteiger partial charge in [0.25, 0.3) is 0 Å². The molecule has 3 nitrogen and oxygen atoms in total. The molecule has 4 heteroatoms. The lowest BCUT2D eigenvalue weighted by Gasteiger charge is -2.23. The van der Waals surface area contributed by atoms with Crippen molar-refractivity contribution in [2.75, 3.05) is 5.43 Å². The molecule has 1 aromatic rings. The Morgan fingerprint density at radius 1 is 1.21 bits per heavy atom. The molecule has 2 N–H and O–H groups in total. The first kappa shape index (κ1) is 8.97. The van der Waals surface area contributed by atoms with Crippen LogP contribution in [-0.2, 0) is 0 Å². The lowest BCUT2D eigenvalue weighted by atomic mass is 10.3. The first-order valence-corrected chi connectivity index (χ1v) is 4.63. The van der Waals surface area contributed by atoms with Gasteiger partial charge in [-0.25, -0.2) is 5.01 Å². The number of rotatable bonds is 2. The first-order chi connectivity index (χ1) is 6.86. The molecule has 0 aromatic heterocycles. The largest absolute Gasteiger partial charge is 0.364 e. The standard InChI is InChI=1S/C10H10ClN3/c11-10-8-12-6-7-14(10)13-9-4-2-1-3-5-9/h1-8,12-13H. The Balaban J connectivity index is 2.08. The highest BCUT2D eigenvalue weighted by Gasteiger charge is 2.05. The van der Waals surface area contributed by atoms with Gasteiger partial charge in [-0.2, -0.15) is 0 Å². The predicted molar refractivity (Wildman–Crippen MR) is 58.1 cm³/mol. The van der Waals surface area contributed by atoms with Crippen LogP contribution in [0.3, 0.4) is 0 Å². The highest BCUT2D eigenvalue weighted by Crippen LogP contribution is 2.15. The third kappa shape index (κ3) is 2.00. The number of benzene rings is 1. The molecule has 14 heavy (non-hydrogen) atoms. The Kier molecular flexibility index (Phi) is 2.60. The van der Waals surface area contributed by atoms with Crippen LogP contribution in [0.1, 0.15) is 0 Å². The minimum Gasteiger partial charge on any atom is -0.364 e. The summed E-state index contributed by atoms with van der Waals surface area (Å²) in [6.45, 7) is 0. The van der Waals surface area contributed by atoms with Crippen molar-refractivity contribution in [3.63, 3.8) is 0 Å². The van der Waals surface area contributed by atoms with Crippen LogP contribution in [0, 0.1) is 0 Å². The van der Waals surface area contributed by atoms with E-state index in [1.807, 2.05) is 36.5 Å². The molecule has 0 atom stereocenters. The number of halogens is 1. The molecule has 1 aromatic carbocycles. The second kappa shape index (κ2) is 4.07. The number of nitrogens with one attached hydrogen (secondary N) is 2. The van der Waals surface area contributed by atoms with E-state index in [4.69, 9.17) is 11.6 Å². The van der Waals surface area contributed by atoms with Gasteiger partial charge in [-0.3, -0.25) is 5.43 Å². The minimum atomic E-state index is 0.594. The third-order valence-electron chi connectivity index (χ3n) is 1.78. The smallest absolute Gasteiger partial charge is 0.144 e. The van der Waals surface area contributed by atoms with E-state index in [0.29, 0.717) is 5.16 Å². The fourth-order valence-electron chi connectivity index (χ4n) is 1.12. The summed E-state index contributed by atoms with van der Waals surface area (Å²) in [5, 5.41) is 5.22.